The van der Waals surface area contributed by atoms with Crippen LogP contribution in [0.25, 0.3) is 0 Å². The van der Waals surface area contributed by atoms with Crippen LogP contribution in [0.3, 0.4) is 0 Å². The van der Waals surface area contributed by atoms with Crippen LogP contribution >= 0.6 is 0 Å². The Morgan fingerprint density at radius 2 is 1.67 bits per heavy atom. The molecule has 7 heteroatoms. The number of carbonyl (C=O) groups is 3. The van der Waals surface area contributed by atoms with Gasteiger partial charge in [-0.3, -0.25) is 4.79 Å². The predicted octanol–water partition coefficient (Wildman–Crippen LogP) is 2.39. The number of hydrogen-bond acceptors (Lipinski definition) is 5. The van der Waals surface area contributed by atoms with Crippen LogP contribution in [0.2, 0.25) is 0 Å². The highest BCUT2D eigenvalue weighted by Gasteiger charge is 2.31. The summed E-state index contributed by atoms with van der Waals surface area (Å²) in [6.07, 6.45) is -1.04. The minimum atomic E-state index is -1.02. The van der Waals surface area contributed by atoms with Crippen LogP contribution < -0.4 is 10.8 Å². The molecule has 2 unspecified atom stereocenters. The van der Waals surface area contributed by atoms with E-state index in [0.717, 1.165) is 0 Å². The molecule has 27 heavy (non-hydrogen) atoms. The van der Waals surface area contributed by atoms with Crippen LogP contribution in [0.5, 0.6) is 0 Å². The summed E-state index contributed by atoms with van der Waals surface area (Å²) in [5.41, 5.74) is 0.571. The summed E-state index contributed by atoms with van der Waals surface area (Å²) in [7, 11) is 5.70. The summed E-state index contributed by atoms with van der Waals surface area (Å²) >= 11 is 0. The smallest absolute Gasteiger partial charge is 0.408 e. The number of hydrogen-bond donors (Lipinski definition) is 1. The maximum absolute atomic E-state index is 12.5. The van der Waals surface area contributed by atoms with Gasteiger partial charge in [0, 0.05) is 5.92 Å². The van der Waals surface area contributed by atoms with Gasteiger partial charge in [0.05, 0.1) is 6.10 Å². The second kappa shape index (κ2) is 9.58. The number of nitrogens with one attached hydrogen (secondary N) is 1. The molecular weight excluding hydrogens is 345 g/mol. The van der Waals surface area contributed by atoms with Crippen molar-refractivity contribution in [3.05, 3.63) is 29.8 Å². The molecule has 0 heterocycles. The summed E-state index contributed by atoms with van der Waals surface area (Å²) in [4.78, 5) is 36.8. The van der Waals surface area contributed by atoms with Crippen LogP contribution in [-0.2, 0) is 19.1 Å². The van der Waals surface area contributed by atoms with Crippen LogP contribution in [0, 0.1) is 0 Å². The number of Topliss-reactive ketones (excluding diaryl/α,β-unsaturated/α-hetero) is 1. The van der Waals surface area contributed by atoms with Crippen LogP contribution in [-0.4, -0.2) is 43.4 Å². The average molecular weight is 373 g/mol. The third-order valence-corrected chi connectivity index (χ3v) is 3.63. The normalized spacial score (nSPS) is 13.6. The molecule has 1 amide bonds. The number of amides is 1. The molecule has 0 fully saturated rings. The maximum atomic E-state index is 12.5. The molecule has 0 spiro atoms. The van der Waals surface area contributed by atoms with E-state index in [4.69, 9.17) is 17.3 Å². The van der Waals surface area contributed by atoms with Gasteiger partial charge in [-0.05, 0) is 53.5 Å². The molecule has 0 saturated carbocycles. The zero-order valence-electron chi connectivity index (χ0n) is 16.9. The van der Waals surface area contributed by atoms with E-state index < -0.39 is 29.6 Å². The molecule has 1 rings (SSSR count). The monoisotopic (exact) mass is 373 g/mol. The Hall–Kier alpha value is -2.31. The Bertz CT molecular complexity index is 664. The van der Waals surface area contributed by atoms with Crippen LogP contribution in [0.1, 0.15) is 59.4 Å². The van der Waals surface area contributed by atoms with Gasteiger partial charge in [-0.25, -0.2) is 9.59 Å². The van der Waals surface area contributed by atoms with Gasteiger partial charge in [0.2, 0.25) is 0 Å². The van der Waals surface area contributed by atoms with Gasteiger partial charge in [0.15, 0.2) is 0 Å². The molecule has 0 aliphatic heterocycles. The molecule has 1 N–H and O–H groups in total. The van der Waals surface area contributed by atoms with Gasteiger partial charge in [-0.15, -0.1) is 0 Å². The third kappa shape index (κ3) is 8.28. The molecular formula is C20H28BNO5. The molecule has 0 aliphatic rings. The second-order valence-electron chi connectivity index (χ2n) is 7.75. The second-order valence-corrected chi connectivity index (χ2v) is 7.75. The van der Waals surface area contributed by atoms with E-state index >= 15 is 0 Å². The van der Waals surface area contributed by atoms with Crippen molar-refractivity contribution < 1.29 is 23.9 Å². The van der Waals surface area contributed by atoms with Gasteiger partial charge in [0.25, 0.3) is 0 Å². The number of ether oxygens (including phenoxy) is 2. The van der Waals surface area contributed by atoms with Crippen molar-refractivity contribution in [1.29, 1.82) is 0 Å². The molecule has 1 aromatic rings. The van der Waals surface area contributed by atoms with Crippen LogP contribution in [0.4, 0.5) is 4.79 Å². The van der Waals surface area contributed by atoms with E-state index in [1.54, 1.807) is 58.9 Å². The van der Waals surface area contributed by atoms with Gasteiger partial charge >= 0.3 is 12.1 Å². The van der Waals surface area contributed by atoms with Crippen LogP contribution in [0.15, 0.2) is 24.3 Å². The number of esters is 1. The van der Waals surface area contributed by atoms with Gasteiger partial charge in [0.1, 0.15) is 25.3 Å². The van der Waals surface area contributed by atoms with E-state index in [1.807, 2.05) is 0 Å². The highest BCUT2D eigenvalue weighted by atomic mass is 16.6. The molecule has 0 saturated heterocycles. The van der Waals surface area contributed by atoms with Gasteiger partial charge in [-0.2, -0.15) is 0 Å². The Morgan fingerprint density at radius 3 is 2.11 bits per heavy atom. The van der Waals surface area contributed by atoms with Gasteiger partial charge < -0.3 is 14.8 Å². The minimum Gasteiger partial charge on any atom is -0.461 e. The zero-order chi connectivity index (χ0) is 20.8. The topological polar surface area (TPSA) is 81.7 Å². The Labute approximate surface area is 162 Å². The summed E-state index contributed by atoms with van der Waals surface area (Å²) < 4.78 is 10.5. The molecule has 6 nitrogen and oxygen atoms in total. The Kier molecular flexibility index (Phi) is 8.07. The molecule has 0 aromatic heterocycles. The number of benzene rings is 1. The lowest BCUT2D eigenvalue weighted by atomic mass is 9.86. The van der Waals surface area contributed by atoms with E-state index in [0.29, 0.717) is 11.0 Å². The van der Waals surface area contributed by atoms with Crippen molar-refractivity contribution in [1.82, 2.24) is 5.32 Å². The van der Waals surface area contributed by atoms with E-state index in [2.05, 4.69) is 5.32 Å². The third-order valence-electron chi connectivity index (χ3n) is 3.63. The van der Waals surface area contributed by atoms with Crippen molar-refractivity contribution in [3.63, 3.8) is 0 Å². The van der Waals surface area contributed by atoms with Crippen molar-refractivity contribution in [2.45, 2.75) is 71.6 Å². The minimum absolute atomic E-state index is 0.0596. The lowest BCUT2D eigenvalue weighted by Gasteiger charge is -2.25. The molecule has 2 radical (unpaired) electrons. The first-order valence-corrected chi connectivity index (χ1v) is 8.95. The van der Waals surface area contributed by atoms with Gasteiger partial charge in [-0.1, -0.05) is 29.7 Å². The summed E-state index contributed by atoms with van der Waals surface area (Å²) in [6.45, 7) is 10.0. The number of rotatable bonds is 7. The van der Waals surface area contributed by atoms with Crippen molar-refractivity contribution >= 4 is 31.2 Å². The quantitative estimate of drug-likeness (QED) is 0.586. The molecule has 0 bridgehead atoms. The number of ketones is 1. The molecule has 146 valence electrons. The first-order chi connectivity index (χ1) is 12.4. The molecule has 2 atom stereocenters. The Morgan fingerprint density at radius 1 is 1.11 bits per heavy atom. The zero-order valence-corrected chi connectivity index (χ0v) is 16.9. The SMILES string of the molecule is [B]c1ccc(C(CC(NC(=O)OC(C)(C)C)C(=O)OC(C)C)C(C)=O)cc1. The van der Waals surface area contributed by atoms with E-state index in [1.165, 1.54) is 6.92 Å². The largest absolute Gasteiger partial charge is 0.461 e. The van der Waals surface area contributed by atoms with Crippen molar-refractivity contribution in [2.24, 2.45) is 0 Å². The Balaban J connectivity index is 3.04. The first kappa shape index (κ1) is 22.7. The predicted molar refractivity (Wildman–Crippen MR) is 104 cm³/mol. The highest BCUT2D eigenvalue weighted by molar-refractivity contribution is 6.32. The van der Waals surface area contributed by atoms with E-state index in [9.17, 15) is 14.4 Å². The fraction of sp³-hybridized carbons (Fsp3) is 0.550. The average Bonchev–Trinajstić information content (AvgIpc) is 2.49. The summed E-state index contributed by atoms with van der Waals surface area (Å²) in [5, 5.41) is 2.53. The molecule has 1 aromatic carbocycles. The highest BCUT2D eigenvalue weighted by Crippen LogP contribution is 2.23. The maximum Gasteiger partial charge on any atom is 0.408 e. The first-order valence-electron chi connectivity index (χ1n) is 8.95. The van der Waals surface area contributed by atoms with Crippen molar-refractivity contribution in [2.75, 3.05) is 0 Å². The lowest BCUT2D eigenvalue weighted by Crippen LogP contribution is -2.46. The summed E-state index contributed by atoms with van der Waals surface area (Å²) in [5.74, 6) is -1.34. The fourth-order valence-corrected chi connectivity index (χ4v) is 2.48. The number of carbonyl (C=O) groups excluding carboxylic acids is 3. The van der Waals surface area contributed by atoms with E-state index in [-0.39, 0.29) is 18.3 Å². The lowest BCUT2D eigenvalue weighted by molar-refractivity contribution is -0.150. The molecule has 0 aliphatic carbocycles. The summed E-state index contributed by atoms with van der Waals surface area (Å²) in [6, 6.07) is 5.83. The number of alkyl carbamates (subject to hydrolysis) is 1. The van der Waals surface area contributed by atoms with Crippen molar-refractivity contribution in [3.8, 4) is 0 Å². The fourth-order valence-electron chi connectivity index (χ4n) is 2.48. The standard InChI is InChI=1S/C20H28BNO5/c1-12(2)26-18(24)17(22-19(25)27-20(4,5)6)11-16(13(3)23)14-7-9-15(21)10-8-14/h7-10,12,16-17H,11H2,1-6H3,(H,22,25).